The zero-order valence-electron chi connectivity index (χ0n) is 11.4. The van der Waals surface area contributed by atoms with Gasteiger partial charge in [0.25, 0.3) is 5.22 Å². The number of thioether (sulfide) groups is 1. The normalized spacial score (nSPS) is 12.2. The summed E-state index contributed by atoms with van der Waals surface area (Å²) in [5, 5.41) is 10.3. The summed E-state index contributed by atoms with van der Waals surface area (Å²) in [6.45, 7) is 3.27. The number of nitrogens with one attached hydrogen (secondary N) is 1. The molecule has 8 heteroatoms. The smallest absolute Gasteiger partial charge is 0.277 e. The minimum Gasteiger partial charge on any atom is -0.416 e. The van der Waals surface area contributed by atoms with Crippen molar-refractivity contribution in [2.75, 3.05) is 5.75 Å². The van der Waals surface area contributed by atoms with Crippen LogP contribution in [0.1, 0.15) is 24.4 Å². The summed E-state index contributed by atoms with van der Waals surface area (Å²) < 4.78 is 31.5. The second kappa shape index (κ2) is 6.66. The van der Waals surface area contributed by atoms with Crippen molar-refractivity contribution in [3.05, 3.63) is 41.3 Å². The summed E-state index contributed by atoms with van der Waals surface area (Å²) >= 11 is 1.09. The summed E-state index contributed by atoms with van der Waals surface area (Å²) in [5.41, 5.74) is 0.225. The van der Waals surface area contributed by atoms with Gasteiger partial charge in [-0.05, 0) is 13.0 Å². The van der Waals surface area contributed by atoms with E-state index in [9.17, 15) is 13.6 Å². The molecule has 2 aromatic rings. The number of nitrogens with zero attached hydrogens (tertiary/aromatic N) is 2. The number of benzene rings is 1. The predicted octanol–water partition coefficient (Wildman–Crippen LogP) is 2.63. The minimum absolute atomic E-state index is 0.0643. The average molecular weight is 313 g/mol. The maximum Gasteiger partial charge on any atom is 0.277 e. The van der Waals surface area contributed by atoms with Gasteiger partial charge in [0.1, 0.15) is 11.6 Å². The molecule has 0 bridgehead atoms. The van der Waals surface area contributed by atoms with E-state index in [0.29, 0.717) is 11.1 Å². The second-order valence-electron chi connectivity index (χ2n) is 4.33. The molecule has 0 aliphatic rings. The molecular formula is C13H13F2N3O2S. The predicted molar refractivity (Wildman–Crippen MR) is 72.7 cm³/mol. The molecule has 0 spiro atoms. The van der Waals surface area contributed by atoms with Crippen LogP contribution in [0.4, 0.5) is 8.78 Å². The first-order chi connectivity index (χ1) is 9.95. The maximum atomic E-state index is 13.6. The van der Waals surface area contributed by atoms with Crippen molar-refractivity contribution >= 4 is 17.7 Å². The molecule has 0 saturated heterocycles. The molecule has 112 valence electrons. The fraction of sp³-hybridized carbons (Fsp3) is 0.308. The number of rotatable bonds is 5. The second-order valence-corrected chi connectivity index (χ2v) is 5.26. The highest BCUT2D eigenvalue weighted by Crippen LogP contribution is 2.19. The molecule has 0 fully saturated rings. The van der Waals surface area contributed by atoms with Crippen LogP contribution < -0.4 is 5.32 Å². The Morgan fingerprint density at radius 3 is 2.81 bits per heavy atom. The molecule has 1 atom stereocenters. The van der Waals surface area contributed by atoms with Crippen LogP contribution in [0.25, 0.3) is 0 Å². The van der Waals surface area contributed by atoms with E-state index in [0.717, 1.165) is 23.9 Å². The number of halogens is 2. The van der Waals surface area contributed by atoms with E-state index in [1.54, 1.807) is 13.8 Å². The summed E-state index contributed by atoms with van der Waals surface area (Å²) in [6, 6.07) is 2.68. The Hall–Kier alpha value is -1.96. The fourth-order valence-electron chi connectivity index (χ4n) is 1.68. The highest BCUT2D eigenvalue weighted by Gasteiger charge is 2.15. The molecule has 1 N–H and O–H groups in total. The van der Waals surface area contributed by atoms with Crippen molar-refractivity contribution in [2.45, 2.75) is 25.1 Å². The number of amides is 1. The molecule has 0 aliphatic carbocycles. The molecule has 21 heavy (non-hydrogen) atoms. The van der Waals surface area contributed by atoms with E-state index in [4.69, 9.17) is 4.42 Å². The van der Waals surface area contributed by atoms with Crippen molar-refractivity contribution < 1.29 is 18.0 Å². The van der Waals surface area contributed by atoms with Crippen LogP contribution in [0.2, 0.25) is 0 Å². The first-order valence-electron chi connectivity index (χ1n) is 6.13. The zero-order valence-corrected chi connectivity index (χ0v) is 12.2. The maximum absolute atomic E-state index is 13.6. The van der Waals surface area contributed by atoms with E-state index >= 15 is 0 Å². The largest absolute Gasteiger partial charge is 0.416 e. The number of carbonyl (C=O) groups is 1. The quantitative estimate of drug-likeness (QED) is 0.859. The lowest BCUT2D eigenvalue weighted by atomic mass is 10.1. The minimum atomic E-state index is -0.692. The van der Waals surface area contributed by atoms with E-state index in [1.165, 1.54) is 6.07 Å². The fourth-order valence-corrected chi connectivity index (χ4v) is 2.29. The topological polar surface area (TPSA) is 68.0 Å². The number of aromatic nitrogens is 2. The Morgan fingerprint density at radius 2 is 2.19 bits per heavy atom. The third-order valence-corrected chi connectivity index (χ3v) is 3.46. The van der Waals surface area contributed by atoms with E-state index in [1.807, 2.05) is 0 Å². The van der Waals surface area contributed by atoms with Gasteiger partial charge in [0, 0.05) is 18.6 Å². The molecule has 0 aliphatic heterocycles. The molecule has 5 nitrogen and oxygen atoms in total. The Balaban J connectivity index is 1.89. The molecule has 0 saturated carbocycles. The van der Waals surface area contributed by atoms with Crippen molar-refractivity contribution in [3.63, 3.8) is 0 Å². The van der Waals surface area contributed by atoms with Gasteiger partial charge in [-0.3, -0.25) is 4.79 Å². The average Bonchev–Trinajstić information content (AvgIpc) is 2.82. The lowest BCUT2D eigenvalue weighted by molar-refractivity contribution is -0.119. The van der Waals surface area contributed by atoms with Gasteiger partial charge in [-0.1, -0.05) is 17.8 Å². The van der Waals surface area contributed by atoms with Gasteiger partial charge in [-0.25, -0.2) is 8.78 Å². The van der Waals surface area contributed by atoms with Crippen LogP contribution in [-0.2, 0) is 4.79 Å². The number of hydrogen-bond donors (Lipinski definition) is 1. The van der Waals surface area contributed by atoms with Gasteiger partial charge >= 0.3 is 0 Å². The van der Waals surface area contributed by atoms with Crippen molar-refractivity contribution in [1.82, 2.24) is 15.5 Å². The highest BCUT2D eigenvalue weighted by molar-refractivity contribution is 7.99. The summed E-state index contributed by atoms with van der Waals surface area (Å²) in [4.78, 5) is 11.8. The first kappa shape index (κ1) is 15.4. The van der Waals surface area contributed by atoms with Crippen LogP contribution in [-0.4, -0.2) is 21.9 Å². The molecule has 1 amide bonds. The molecular weight excluding hydrogens is 300 g/mol. The van der Waals surface area contributed by atoms with E-state index in [-0.39, 0.29) is 17.2 Å². The standard InChI is InChI=1S/C13H13F2N3O2S/c1-7(10-4-3-9(14)5-11(10)15)16-12(19)6-21-13-18-17-8(2)20-13/h3-5,7H,6H2,1-2H3,(H,16,19)/t7-/m1/s1. The monoisotopic (exact) mass is 313 g/mol. The molecule has 1 heterocycles. The van der Waals surface area contributed by atoms with E-state index in [2.05, 4.69) is 15.5 Å². The summed E-state index contributed by atoms with van der Waals surface area (Å²) in [7, 11) is 0. The van der Waals surface area contributed by atoms with Crippen molar-refractivity contribution in [1.29, 1.82) is 0 Å². The SMILES string of the molecule is Cc1nnc(SCC(=O)N[C@H](C)c2ccc(F)cc2F)o1. The van der Waals surface area contributed by atoms with Gasteiger partial charge in [0.05, 0.1) is 11.8 Å². The van der Waals surface area contributed by atoms with Gasteiger partial charge < -0.3 is 9.73 Å². The van der Waals surface area contributed by atoms with E-state index < -0.39 is 17.7 Å². The van der Waals surface area contributed by atoms with Crippen LogP contribution in [0.15, 0.2) is 27.8 Å². The number of carbonyl (C=O) groups excluding carboxylic acids is 1. The molecule has 2 rings (SSSR count). The van der Waals surface area contributed by atoms with Gasteiger partial charge in [0.15, 0.2) is 0 Å². The lowest BCUT2D eigenvalue weighted by Crippen LogP contribution is -2.28. The third-order valence-electron chi connectivity index (χ3n) is 2.64. The first-order valence-corrected chi connectivity index (χ1v) is 7.11. The Kier molecular flexibility index (Phi) is 4.89. The van der Waals surface area contributed by atoms with Gasteiger partial charge in [-0.2, -0.15) is 0 Å². The third kappa shape index (κ3) is 4.25. The summed E-state index contributed by atoms with van der Waals surface area (Å²) in [6.07, 6.45) is 0. The molecule has 1 aromatic carbocycles. The molecule has 1 aromatic heterocycles. The number of hydrogen-bond acceptors (Lipinski definition) is 5. The Labute approximate surface area is 124 Å². The van der Waals surface area contributed by atoms with Gasteiger partial charge in [0.2, 0.25) is 11.8 Å². The highest BCUT2D eigenvalue weighted by atomic mass is 32.2. The van der Waals surface area contributed by atoms with Crippen molar-refractivity contribution in [3.8, 4) is 0 Å². The Morgan fingerprint density at radius 1 is 1.43 bits per heavy atom. The molecule has 0 radical (unpaired) electrons. The Bertz CT molecular complexity index is 648. The van der Waals surface area contributed by atoms with Crippen molar-refractivity contribution in [2.24, 2.45) is 0 Å². The molecule has 0 unspecified atom stereocenters. The lowest BCUT2D eigenvalue weighted by Gasteiger charge is -2.14. The zero-order chi connectivity index (χ0) is 15.4. The van der Waals surface area contributed by atoms with Crippen LogP contribution >= 0.6 is 11.8 Å². The number of aryl methyl sites for hydroxylation is 1. The van der Waals surface area contributed by atoms with Gasteiger partial charge in [-0.15, -0.1) is 10.2 Å². The summed E-state index contributed by atoms with van der Waals surface area (Å²) in [5.74, 6) is -1.18. The van der Waals surface area contributed by atoms with Crippen LogP contribution in [0, 0.1) is 18.6 Å². The van der Waals surface area contributed by atoms with Crippen LogP contribution in [0.5, 0.6) is 0 Å². The van der Waals surface area contributed by atoms with Crippen LogP contribution in [0.3, 0.4) is 0 Å².